The molecule has 5 heteroatoms. The van der Waals surface area contributed by atoms with Crippen molar-refractivity contribution in [3.8, 4) is 0 Å². The molecule has 1 aromatic carbocycles. The number of nitrogens with one attached hydrogen (secondary N) is 2. The third-order valence-electron chi connectivity index (χ3n) is 2.79. The number of amides is 1. The van der Waals surface area contributed by atoms with Crippen LogP contribution >= 0.6 is 0 Å². The minimum absolute atomic E-state index is 0.233. The van der Waals surface area contributed by atoms with Crippen LogP contribution < -0.4 is 5.32 Å². The van der Waals surface area contributed by atoms with E-state index >= 15 is 0 Å². The van der Waals surface area contributed by atoms with Crippen LogP contribution in [0, 0.1) is 12.7 Å². The lowest BCUT2D eigenvalue weighted by molar-refractivity contribution is -0.110. The van der Waals surface area contributed by atoms with Crippen LogP contribution in [0.5, 0.6) is 0 Å². The van der Waals surface area contributed by atoms with Crippen LogP contribution in [-0.4, -0.2) is 15.9 Å². The molecule has 2 N–H and O–H groups in total. The van der Waals surface area contributed by atoms with Crippen molar-refractivity contribution in [1.29, 1.82) is 0 Å². The maximum Gasteiger partial charge on any atom is 0.256 e. The first-order chi connectivity index (χ1) is 8.63. The fourth-order valence-corrected chi connectivity index (χ4v) is 1.97. The Bertz CT molecular complexity index is 673. The van der Waals surface area contributed by atoms with E-state index in [0.29, 0.717) is 16.8 Å². The summed E-state index contributed by atoms with van der Waals surface area (Å²) in [6, 6.07) is 4.23. The van der Waals surface area contributed by atoms with Crippen molar-refractivity contribution in [1.82, 2.24) is 9.97 Å². The lowest BCUT2D eigenvalue weighted by Crippen LogP contribution is -2.03. The average Bonchev–Trinajstić information content (AvgIpc) is 2.86. The van der Waals surface area contributed by atoms with Gasteiger partial charge in [-0.2, -0.15) is 0 Å². The summed E-state index contributed by atoms with van der Waals surface area (Å²) in [5.74, 6) is 0.166. The van der Waals surface area contributed by atoms with E-state index in [0.717, 1.165) is 11.5 Å². The van der Waals surface area contributed by atoms with Crippen LogP contribution in [0.1, 0.15) is 17.1 Å². The number of carbonyl (C=O) groups is 1. The number of fused-ring (bicyclic) bond motifs is 1. The zero-order valence-corrected chi connectivity index (χ0v) is 9.62. The topological polar surface area (TPSA) is 57.8 Å². The summed E-state index contributed by atoms with van der Waals surface area (Å²) in [6.07, 6.45) is 3.30. The summed E-state index contributed by atoms with van der Waals surface area (Å²) >= 11 is 0. The van der Waals surface area contributed by atoms with Gasteiger partial charge in [-0.25, -0.2) is 9.37 Å². The van der Waals surface area contributed by atoms with Crippen LogP contribution in [0.3, 0.4) is 0 Å². The number of benzene rings is 1. The highest BCUT2D eigenvalue weighted by Gasteiger charge is 2.24. The zero-order chi connectivity index (χ0) is 12.7. The minimum atomic E-state index is -0.364. The van der Waals surface area contributed by atoms with Gasteiger partial charge in [0.25, 0.3) is 5.91 Å². The predicted molar refractivity (Wildman–Crippen MR) is 66.2 cm³/mol. The van der Waals surface area contributed by atoms with Crippen molar-refractivity contribution in [2.75, 3.05) is 5.32 Å². The lowest BCUT2D eigenvalue weighted by atomic mass is 10.1. The van der Waals surface area contributed by atoms with Crippen LogP contribution in [-0.2, 0) is 4.79 Å². The van der Waals surface area contributed by atoms with Gasteiger partial charge in [-0.15, -0.1) is 0 Å². The summed E-state index contributed by atoms with van der Waals surface area (Å²) in [5.41, 5.74) is 2.36. The molecule has 2 heterocycles. The van der Waals surface area contributed by atoms with E-state index in [1.54, 1.807) is 18.3 Å². The molecule has 0 radical (unpaired) electrons. The van der Waals surface area contributed by atoms with Gasteiger partial charge in [-0.3, -0.25) is 4.79 Å². The Labute approximate surface area is 103 Å². The fourth-order valence-electron chi connectivity index (χ4n) is 1.97. The predicted octanol–water partition coefficient (Wildman–Crippen LogP) is 2.35. The van der Waals surface area contributed by atoms with Crippen LogP contribution in [0.15, 0.2) is 24.4 Å². The van der Waals surface area contributed by atoms with Gasteiger partial charge in [0.05, 0.1) is 17.5 Å². The lowest BCUT2D eigenvalue weighted by Gasteiger charge is -1.97. The number of anilines is 1. The summed E-state index contributed by atoms with van der Waals surface area (Å²) in [5, 5.41) is 2.69. The Morgan fingerprint density at radius 1 is 1.39 bits per heavy atom. The highest BCUT2D eigenvalue weighted by Crippen LogP contribution is 2.33. The third kappa shape index (κ3) is 1.69. The first kappa shape index (κ1) is 10.7. The van der Waals surface area contributed by atoms with Gasteiger partial charge < -0.3 is 10.3 Å². The Balaban J connectivity index is 2.11. The molecule has 90 valence electrons. The highest BCUT2D eigenvalue weighted by atomic mass is 19.1. The maximum atomic E-state index is 13.2. The molecule has 1 amide bonds. The molecule has 4 nitrogen and oxygen atoms in total. The first-order valence-corrected chi connectivity index (χ1v) is 5.48. The number of hydrogen-bond acceptors (Lipinski definition) is 2. The van der Waals surface area contributed by atoms with E-state index in [1.165, 1.54) is 12.1 Å². The minimum Gasteiger partial charge on any atom is -0.343 e. The van der Waals surface area contributed by atoms with Gasteiger partial charge in [0.15, 0.2) is 0 Å². The van der Waals surface area contributed by atoms with Crippen molar-refractivity contribution in [3.63, 3.8) is 0 Å². The van der Waals surface area contributed by atoms with Gasteiger partial charge in [0, 0.05) is 11.3 Å². The molecule has 0 bridgehead atoms. The van der Waals surface area contributed by atoms with Gasteiger partial charge in [-0.05, 0) is 31.2 Å². The van der Waals surface area contributed by atoms with Crippen LogP contribution in [0.4, 0.5) is 10.1 Å². The van der Waals surface area contributed by atoms with Gasteiger partial charge in [0.2, 0.25) is 0 Å². The molecule has 0 spiro atoms. The maximum absolute atomic E-state index is 13.2. The number of imidazole rings is 1. The first-order valence-electron chi connectivity index (χ1n) is 5.48. The molecule has 3 rings (SSSR count). The number of H-pyrrole nitrogens is 1. The number of rotatable bonds is 1. The quantitative estimate of drug-likeness (QED) is 0.755. The van der Waals surface area contributed by atoms with Gasteiger partial charge in [0.1, 0.15) is 11.6 Å². The standard InChI is InChI=1S/C13H10FN3O/c1-7-15-6-9(16-7)5-11-10-4-8(14)2-3-12(10)17-13(11)18/h2-6H,1H3,(H,15,16)(H,17,18)/b11-5-. The number of hydrogen-bond donors (Lipinski definition) is 2. The Kier molecular flexibility index (Phi) is 2.26. The van der Waals surface area contributed by atoms with Gasteiger partial charge in [-0.1, -0.05) is 0 Å². The van der Waals surface area contributed by atoms with Gasteiger partial charge >= 0.3 is 0 Å². The zero-order valence-electron chi connectivity index (χ0n) is 9.62. The number of aromatic amines is 1. The summed E-state index contributed by atoms with van der Waals surface area (Å²) in [7, 11) is 0. The molecular formula is C13H10FN3O. The molecule has 0 aliphatic carbocycles. The monoisotopic (exact) mass is 243 g/mol. The molecule has 0 saturated carbocycles. The van der Waals surface area contributed by atoms with Crippen LogP contribution in [0.25, 0.3) is 11.6 Å². The SMILES string of the molecule is Cc1ncc(/C=C2\C(=O)Nc3ccc(F)cc32)[nH]1. The molecule has 1 aliphatic rings. The Morgan fingerprint density at radius 3 is 2.94 bits per heavy atom. The van der Waals surface area contributed by atoms with E-state index in [-0.39, 0.29) is 11.7 Å². The van der Waals surface area contributed by atoms with E-state index < -0.39 is 0 Å². The smallest absolute Gasteiger partial charge is 0.256 e. The molecule has 1 aliphatic heterocycles. The molecule has 18 heavy (non-hydrogen) atoms. The molecular weight excluding hydrogens is 233 g/mol. The Hall–Kier alpha value is -2.43. The Morgan fingerprint density at radius 2 is 2.22 bits per heavy atom. The molecule has 0 unspecified atom stereocenters. The second-order valence-corrected chi connectivity index (χ2v) is 4.13. The second-order valence-electron chi connectivity index (χ2n) is 4.13. The van der Waals surface area contributed by atoms with Crippen molar-refractivity contribution >= 4 is 23.2 Å². The average molecular weight is 243 g/mol. The molecule has 2 aromatic rings. The molecule has 0 saturated heterocycles. The second kappa shape index (κ2) is 3.80. The normalized spacial score (nSPS) is 15.9. The van der Waals surface area contributed by atoms with E-state index in [4.69, 9.17) is 0 Å². The number of aryl methyl sites for hydroxylation is 1. The van der Waals surface area contributed by atoms with Crippen molar-refractivity contribution in [2.24, 2.45) is 0 Å². The highest BCUT2D eigenvalue weighted by molar-refractivity contribution is 6.34. The van der Waals surface area contributed by atoms with Crippen molar-refractivity contribution in [2.45, 2.75) is 6.92 Å². The summed E-state index contributed by atoms with van der Waals surface area (Å²) in [4.78, 5) is 18.9. The van der Waals surface area contributed by atoms with Crippen molar-refractivity contribution in [3.05, 3.63) is 47.3 Å². The fraction of sp³-hybridized carbons (Fsp3) is 0.0769. The summed E-state index contributed by atoms with van der Waals surface area (Å²) < 4.78 is 13.2. The van der Waals surface area contributed by atoms with E-state index in [1.807, 2.05) is 6.92 Å². The number of nitrogens with zero attached hydrogens (tertiary/aromatic N) is 1. The van der Waals surface area contributed by atoms with Crippen LogP contribution in [0.2, 0.25) is 0 Å². The number of aromatic nitrogens is 2. The summed E-state index contributed by atoms with van der Waals surface area (Å²) in [6.45, 7) is 1.82. The number of halogens is 1. The number of carbonyl (C=O) groups excluding carboxylic acids is 1. The van der Waals surface area contributed by atoms with E-state index in [9.17, 15) is 9.18 Å². The molecule has 0 fully saturated rings. The van der Waals surface area contributed by atoms with E-state index in [2.05, 4.69) is 15.3 Å². The van der Waals surface area contributed by atoms with Crippen molar-refractivity contribution < 1.29 is 9.18 Å². The third-order valence-corrected chi connectivity index (χ3v) is 2.79. The molecule has 1 aromatic heterocycles. The largest absolute Gasteiger partial charge is 0.343 e. The molecule has 0 atom stereocenters.